The van der Waals surface area contributed by atoms with Gasteiger partial charge in [0.1, 0.15) is 5.15 Å². The van der Waals surface area contributed by atoms with Crippen LogP contribution in [-0.2, 0) is 0 Å². The molecule has 0 aromatic carbocycles. The average Bonchev–Trinajstić information content (AvgIpc) is 2.70. The first-order valence-electron chi connectivity index (χ1n) is 3.66. The van der Waals surface area contributed by atoms with Gasteiger partial charge in [-0.15, -0.1) is 0 Å². The van der Waals surface area contributed by atoms with E-state index in [9.17, 15) is 4.79 Å². The zero-order valence-electron chi connectivity index (χ0n) is 5.93. The Morgan fingerprint density at radius 3 is 2.73 bits per heavy atom. The lowest BCUT2D eigenvalue weighted by atomic mass is 10.2. The van der Waals surface area contributed by atoms with Gasteiger partial charge in [0.25, 0.3) is 0 Å². The van der Waals surface area contributed by atoms with E-state index in [0.717, 1.165) is 5.56 Å². The number of rotatable bonds is 1. The van der Waals surface area contributed by atoms with E-state index in [-0.39, 0.29) is 5.56 Å². The van der Waals surface area contributed by atoms with Crippen LogP contribution in [0.25, 0.3) is 0 Å². The molecule has 0 spiro atoms. The molecule has 0 saturated heterocycles. The van der Waals surface area contributed by atoms with E-state index in [1.165, 1.54) is 18.9 Å². The van der Waals surface area contributed by atoms with Crippen LogP contribution < -0.4 is 5.56 Å². The Morgan fingerprint density at radius 2 is 2.18 bits per heavy atom. The molecule has 0 atom stereocenters. The highest BCUT2D eigenvalue weighted by atomic mass is 35.5. The van der Waals surface area contributed by atoms with Crippen molar-refractivity contribution in [2.45, 2.75) is 18.8 Å². The summed E-state index contributed by atoms with van der Waals surface area (Å²) in [5.74, 6) is 0.597. The number of H-pyrrole nitrogens is 1. The first-order chi connectivity index (χ1) is 5.27. The van der Waals surface area contributed by atoms with Crippen molar-refractivity contribution in [3.8, 4) is 0 Å². The maximum Gasteiger partial charge on any atom is 0.249 e. The van der Waals surface area contributed by atoms with Crippen LogP contribution in [0.1, 0.15) is 24.3 Å². The van der Waals surface area contributed by atoms with Crippen molar-refractivity contribution in [2.24, 2.45) is 0 Å². The minimum atomic E-state index is -0.126. The molecular weight excluding hydrogens is 162 g/mol. The molecular formula is C8H8ClNO. The number of nitrogens with one attached hydrogen (secondary N) is 1. The summed E-state index contributed by atoms with van der Waals surface area (Å²) in [6, 6.07) is 3.35. The predicted octanol–water partition coefficient (Wildman–Crippen LogP) is 1.91. The van der Waals surface area contributed by atoms with Gasteiger partial charge in [0, 0.05) is 6.07 Å². The first kappa shape index (κ1) is 6.92. The van der Waals surface area contributed by atoms with Gasteiger partial charge in [-0.2, -0.15) is 0 Å². The number of hydrogen-bond acceptors (Lipinski definition) is 1. The molecule has 1 aromatic heterocycles. The first-order valence-corrected chi connectivity index (χ1v) is 4.04. The third-order valence-electron chi connectivity index (χ3n) is 1.92. The van der Waals surface area contributed by atoms with E-state index in [1.807, 2.05) is 6.07 Å². The molecule has 0 amide bonds. The van der Waals surface area contributed by atoms with E-state index in [1.54, 1.807) is 0 Å². The summed E-state index contributed by atoms with van der Waals surface area (Å²) < 4.78 is 0. The lowest BCUT2D eigenvalue weighted by Gasteiger charge is -1.98. The molecule has 3 heteroatoms. The fourth-order valence-electron chi connectivity index (χ4n) is 1.17. The quantitative estimate of drug-likeness (QED) is 0.640. The zero-order chi connectivity index (χ0) is 7.84. The molecule has 2 nitrogen and oxygen atoms in total. The van der Waals surface area contributed by atoms with E-state index in [2.05, 4.69) is 4.98 Å². The molecule has 0 radical (unpaired) electrons. The highest BCUT2D eigenvalue weighted by molar-refractivity contribution is 6.30. The molecule has 0 aliphatic heterocycles. The van der Waals surface area contributed by atoms with Gasteiger partial charge in [-0.25, -0.2) is 0 Å². The number of pyridine rings is 1. The topological polar surface area (TPSA) is 32.9 Å². The molecule has 1 heterocycles. The standard InChI is InChI=1S/C8H8ClNO/c9-8-6(5-1-2-5)3-4-7(11)10-8/h3-5H,1-2H2,(H,10,11). The molecule has 1 aliphatic rings. The minimum Gasteiger partial charge on any atom is -0.313 e. The van der Waals surface area contributed by atoms with Gasteiger partial charge >= 0.3 is 0 Å². The van der Waals surface area contributed by atoms with Gasteiger partial charge in [0.2, 0.25) is 5.56 Å². The van der Waals surface area contributed by atoms with Crippen molar-refractivity contribution in [3.63, 3.8) is 0 Å². The van der Waals surface area contributed by atoms with Crippen molar-refractivity contribution in [2.75, 3.05) is 0 Å². The second kappa shape index (κ2) is 2.38. The molecule has 1 saturated carbocycles. The molecule has 11 heavy (non-hydrogen) atoms. The van der Waals surface area contributed by atoms with Crippen molar-refractivity contribution in [1.82, 2.24) is 4.98 Å². The number of aromatic nitrogens is 1. The maximum absolute atomic E-state index is 10.7. The van der Waals surface area contributed by atoms with Crippen LogP contribution in [0.15, 0.2) is 16.9 Å². The Kier molecular flexibility index (Phi) is 1.50. The van der Waals surface area contributed by atoms with Gasteiger partial charge in [0.15, 0.2) is 0 Å². The van der Waals surface area contributed by atoms with E-state index in [0.29, 0.717) is 11.1 Å². The molecule has 2 rings (SSSR count). The predicted molar refractivity (Wildman–Crippen MR) is 44.0 cm³/mol. The molecule has 58 valence electrons. The summed E-state index contributed by atoms with van der Waals surface area (Å²) in [6.45, 7) is 0. The van der Waals surface area contributed by atoms with Gasteiger partial charge in [-0.05, 0) is 24.3 Å². The van der Waals surface area contributed by atoms with E-state index < -0.39 is 0 Å². The van der Waals surface area contributed by atoms with Crippen molar-refractivity contribution >= 4 is 11.6 Å². The number of hydrogen-bond donors (Lipinski definition) is 1. The van der Waals surface area contributed by atoms with Crippen LogP contribution in [-0.4, -0.2) is 4.98 Å². The molecule has 1 aliphatic carbocycles. The van der Waals surface area contributed by atoms with Crippen LogP contribution in [0.2, 0.25) is 5.15 Å². The van der Waals surface area contributed by atoms with Gasteiger partial charge in [-0.1, -0.05) is 17.7 Å². The molecule has 1 N–H and O–H groups in total. The summed E-state index contributed by atoms with van der Waals surface area (Å²) in [7, 11) is 0. The van der Waals surface area contributed by atoms with E-state index in [4.69, 9.17) is 11.6 Å². The SMILES string of the molecule is O=c1ccc(C2CC2)c(Cl)[nH]1. The maximum atomic E-state index is 10.7. The average molecular weight is 170 g/mol. The van der Waals surface area contributed by atoms with Crippen molar-refractivity contribution in [1.29, 1.82) is 0 Å². The van der Waals surface area contributed by atoms with Gasteiger partial charge in [0.05, 0.1) is 0 Å². The summed E-state index contributed by atoms with van der Waals surface area (Å²) in [5, 5.41) is 0.514. The number of aromatic amines is 1. The Morgan fingerprint density at radius 1 is 1.45 bits per heavy atom. The molecule has 1 aromatic rings. The zero-order valence-corrected chi connectivity index (χ0v) is 6.69. The Hall–Kier alpha value is -0.760. The fraction of sp³-hybridized carbons (Fsp3) is 0.375. The van der Waals surface area contributed by atoms with Crippen LogP contribution in [0.4, 0.5) is 0 Å². The summed E-state index contributed by atoms with van der Waals surface area (Å²) in [4.78, 5) is 13.3. The number of halogens is 1. The summed E-state index contributed by atoms with van der Waals surface area (Å²) in [6.07, 6.45) is 2.40. The lowest BCUT2D eigenvalue weighted by Crippen LogP contribution is -2.04. The third kappa shape index (κ3) is 1.31. The summed E-state index contributed by atoms with van der Waals surface area (Å²) >= 11 is 5.81. The second-order valence-electron chi connectivity index (χ2n) is 2.87. The monoisotopic (exact) mass is 169 g/mol. The molecule has 0 bridgehead atoms. The minimum absolute atomic E-state index is 0.126. The van der Waals surface area contributed by atoms with Crippen molar-refractivity contribution in [3.05, 3.63) is 33.2 Å². The van der Waals surface area contributed by atoms with E-state index >= 15 is 0 Å². The van der Waals surface area contributed by atoms with Gasteiger partial charge < -0.3 is 4.98 Å². The second-order valence-corrected chi connectivity index (χ2v) is 3.24. The molecule has 0 unspecified atom stereocenters. The fourth-order valence-corrected chi connectivity index (χ4v) is 1.48. The van der Waals surface area contributed by atoms with Crippen LogP contribution in [0.3, 0.4) is 0 Å². The normalized spacial score (nSPS) is 16.8. The lowest BCUT2D eigenvalue weighted by molar-refractivity contribution is 1.08. The highest BCUT2D eigenvalue weighted by Gasteiger charge is 2.25. The van der Waals surface area contributed by atoms with Crippen LogP contribution in [0, 0.1) is 0 Å². The highest BCUT2D eigenvalue weighted by Crippen LogP contribution is 2.41. The summed E-state index contributed by atoms with van der Waals surface area (Å²) in [5.41, 5.74) is 0.964. The largest absolute Gasteiger partial charge is 0.313 e. The van der Waals surface area contributed by atoms with Crippen molar-refractivity contribution < 1.29 is 0 Å². The third-order valence-corrected chi connectivity index (χ3v) is 2.23. The van der Waals surface area contributed by atoms with Gasteiger partial charge in [-0.3, -0.25) is 4.79 Å². The van der Waals surface area contributed by atoms with Crippen LogP contribution >= 0.6 is 11.6 Å². The smallest absolute Gasteiger partial charge is 0.249 e. The Balaban J connectivity index is 2.47. The Bertz CT molecular complexity index is 327. The molecule has 1 fully saturated rings. The Labute approximate surface area is 69.2 Å². The van der Waals surface area contributed by atoms with Crippen LogP contribution in [0.5, 0.6) is 0 Å².